The molecule has 2 fully saturated rings. The molecule has 3 nitrogen and oxygen atoms in total. The fourth-order valence-electron chi connectivity index (χ4n) is 2.20. The Morgan fingerprint density at radius 3 is 2.21 bits per heavy atom. The van der Waals surface area contributed by atoms with Crippen molar-refractivity contribution in [2.45, 2.75) is 33.0 Å². The van der Waals surface area contributed by atoms with Crippen LogP contribution < -0.4 is 5.32 Å². The Labute approximate surface area is 86.2 Å². The van der Waals surface area contributed by atoms with Gasteiger partial charge in [0.2, 0.25) is 0 Å². The highest BCUT2D eigenvalue weighted by Crippen LogP contribution is 2.28. The predicted octanol–water partition coefficient (Wildman–Crippen LogP) is 0.359. The van der Waals surface area contributed by atoms with Gasteiger partial charge in [-0.2, -0.15) is 0 Å². The minimum Gasteiger partial charge on any atom is -0.352 e. The molecule has 0 unspecified atom stereocenters. The van der Waals surface area contributed by atoms with Crippen molar-refractivity contribution < 1.29 is 14.8 Å². The second-order valence-electron chi connectivity index (χ2n) is 5.36. The van der Waals surface area contributed by atoms with Gasteiger partial charge in [0.15, 0.2) is 6.29 Å². The summed E-state index contributed by atoms with van der Waals surface area (Å²) in [4.78, 5) is 0. The van der Waals surface area contributed by atoms with Crippen LogP contribution in [-0.2, 0) is 9.47 Å². The molecular weight excluding hydrogens is 178 g/mol. The second-order valence-corrected chi connectivity index (χ2v) is 5.36. The van der Waals surface area contributed by atoms with Crippen LogP contribution in [0.2, 0.25) is 0 Å². The van der Waals surface area contributed by atoms with Gasteiger partial charge in [0, 0.05) is 24.2 Å². The van der Waals surface area contributed by atoms with E-state index in [1.54, 1.807) is 0 Å². The molecule has 0 aromatic carbocycles. The zero-order valence-electron chi connectivity index (χ0n) is 9.29. The third-order valence-electron chi connectivity index (χ3n) is 3.14. The molecule has 0 radical (unpaired) electrons. The van der Waals surface area contributed by atoms with E-state index in [9.17, 15) is 0 Å². The molecule has 0 aromatic heterocycles. The van der Waals surface area contributed by atoms with E-state index in [0.29, 0.717) is 5.92 Å². The van der Waals surface area contributed by atoms with Crippen molar-refractivity contribution in [3.05, 3.63) is 0 Å². The van der Waals surface area contributed by atoms with Gasteiger partial charge in [-0.3, -0.25) is 0 Å². The number of quaternary nitrogens is 1. The van der Waals surface area contributed by atoms with Gasteiger partial charge in [0.1, 0.15) is 0 Å². The maximum absolute atomic E-state index is 5.80. The predicted molar refractivity (Wildman–Crippen MR) is 53.9 cm³/mol. The van der Waals surface area contributed by atoms with Crippen molar-refractivity contribution in [3.63, 3.8) is 0 Å². The van der Waals surface area contributed by atoms with Gasteiger partial charge >= 0.3 is 0 Å². The van der Waals surface area contributed by atoms with Crippen LogP contribution in [0.3, 0.4) is 0 Å². The zero-order chi connectivity index (χ0) is 10.0. The molecule has 2 heterocycles. The molecule has 0 saturated carbocycles. The molecule has 2 aliphatic heterocycles. The summed E-state index contributed by atoms with van der Waals surface area (Å²) in [6.45, 7) is 8.54. The Kier molecular flexibility index (Phi) is 3.10. The molecule has 0 aromatic rings. The number of hydrogen-bond donors (Lipinski definition) is 1. The fourth-order valence-corrected chi connectivity index (χ4v) is 2.20. The first-order chi connectivity index (χ1) is 6.67. The maximum Gasteiger partial charge on any atom is 0.160 e. The van der Waals surface area contributed by atoms with Crippen molar-refractivity contribution in [2.75, 3.05) is 26.3 Å². The van der Waals surface area contributed by atoms with E-state index in [2.05, 4.69) is 19.2 Å². The average Bonchev–Trinajstić information content (AvgIpc) is 2.19. The van der Waals surface area contributed by atoms with Crippen molar-refractivity contribution in [3.8, 4) is 0 Å². The van der Waals surface area contributed by atoms with Crippen LogP contribution in [0.15, 0.2) is 0 Å². The van der Waals surface area contributed by atoms with Gasteiger partial charge in [0.05, 0.1) is 26.3 Å². The Morgan fingerprint density at radius 1 is 1.07 bits per heavy atom. The molecular formula is C11H22NO2+. The van der Waals surface area contributed by atoms with Gasteiger partial charge < -0.3 is 14.8 Å². The lowest BCUT2D eigenvalue weighted by Crippen LogP contribution is -2.86. The number of nitrogens with two attached hydrogens (primary N) is 1. The normalized spacial score (nSPS) is 30.4. The van der Waals surface area contributed by atoms with E-state index >= 15 is 0 Å². The van der Waals surface area contributed by atoms with E-state index in [1.165, 1.54) is 25.9 Å². The van der Waals surface area contributed by atoms with Crippen LogP contribution in [0.4, 0.5) is 0 Å². The lowest BCUT2D eigenvalue weighted by Gasteiger charge is -2.38. The molecule has 0 amide bonds. The van der Waals surface area contributed by atoms with Gasteiger partial charge in [-0.15, -0.1) is 0 Å². The van der Waals surface area contributed by atoms with Crippen molar-refractivity contribution in [1.29, 1.82) is 0 Å². The van der Waals surface area contributed by atoms with Crippen LogP contribution in [0, 0.1) is 11.3 Å². The molecule has 14 heavy (non-hydrogen) atoms. The standard InChI is InChI=1S/C11H21NO2/c1-11(2)7-13-10(14-8-11)9-3-5-12-6-4-9/h9-10,12H,3-8H2,1-2H3/p+1. The first-order valence-electron chi connectivity index (χ1n) is 5.72. The molecule has 0 aliphatic carbocycles. The monoisotopic (exact) mass is 200 g/mol. The molecule has 2 N–H and O–H groups in total. The number of hydrogen-bond acceptors (Lipinski definition) is 2. The summed E-state index contributed by atoms with van der Waals surface area (Å²) in [7, 11) is 0. The molecule has 82 valence electrons. The third-order valence-corrected chi connectivity index (χ3v) is 3.14. The van der Waals surface area contributed by atoms with Crippen LogP contribution in [0.25, 0.3) is 0 Å². The third kappa shape index (κ3) is 2.47. The van der Waals surface area contributed by atoms with E-state index in [-0.39, 0.29) is 11.7 Å². The van der Waals surface area contributed by atoms with Gasteiger partial charge in [-0.05, 0) is 0 Å². The SMILES string of the molecule is CC1(C)COC(C2CC[NH2+]CC2)OC1. The summed E-state index contributed by atoms with van der Waals surface area (Å²) in [5.74, 6) is 0.635. The molecule has 3 heteroatoms. The minimum atomic E-state index is 0.0803. The Balaban J connectivity index is 1.82. The first-order valence-corrected chi connectivity index (χ1v) is 5.72. The number of ether oxygens (including phenoxy) is 2. The van der Waals surface area contributed by atoms with Crippen LogP contribution in [0.1, 0.15) is 26.7 Å². The highest BCUT2D eigenvalue weighted by molar-refractivity contribution is 4.75. The van der Waals surface area contributed by atoms with E-state index in [4.69, 9.17) is 9.47 Å². The van der Waals surface area contributed by atoms with Gasteiger partial charge in [0.25, 0.3) is 0 Å². The first kappa shape index (κ1) is 10.4. The molecule has 2 aliphatic rings. The van der Waals surface area contributed by atoms with Crippen molar-refractivity contribution in [2.24, 2.45) is 11.3 Å². The Bertz CT molecular complexity index is 178. The minimum absolute atomic E-state index is 0.0803. The highest BCUT2D eigenvalue weighted by atomic mass is 16.7. The maximum atomic E-state index is 5.80. The topological polar surface area (TPSA) is 35.1 Å². The van der Waals surface area contributed by atoms with E-state index in [0.717, 1.165) is 13.2 Å². The van der Waals surface area contributed by atoms with E-state index < -0.39 is 0 Å². The smallest absolute Gasteiger partial charge is 0.160 e. The van der Waals surface area contributed by atoms with Crippen molar-refractivity contribution in [1.82, 2.24) is 0 Å². The summed E-state index contributed by atoms with van der Waals surface area (Å²) in [5, 5.41) is 2.38. The van der Waals surface area contributed by atoms with Gasteiger partial charge in [-0.1, -0.05) is 13.8 Å². The Morgan fingerprint density at radius 2 is 1.64 bits per heavy atom. The summed E-state index contributed by atoms with van der Waals surface area (Å²) < 4.78 is 11.6. The summed E-state index contributed by atoms with van der Waals surface area (Å²) in [6.07, 6.45) is 2.56. The molecule has 0 atom stereocenters. The fraction of sp³-hybridized carbons (Fsp3) is 1.00. The number of rotatable bonds is 1. The quantitative estimate of drug-likeness (QED) is 0.663. The highest BCUT2D eigenvalue weighted by Gasteiger charge is 2.34. The van der Waals surface area contributed by atoms with Gasteiger partial charge in [-0.25, -0.2) is 0 Å². The zero-order valence-corrected chi connectivity index (χ0v) is 9.29. The van der Waals surface area contributed by atoms with Crippen LogP contribution in [-0.4, -0.2) is 32.6 Å². The molecule has 2 rings (SSSR count). The molecule has 2 saturated heterocycles. The lowest BCUT2D eigenvalue weighted by molar-refractivity contribution is -0.666. The number of piperidine rings is 1. The summed E-state index contributed by atoms with van der Waals surface area (Å²) in [6, 6.07) is 0. The summed E-state index contributed by atoms with van der Waals surface area (Å²) in [5.41, 5.74) is 0.206. The van der Waals surface area contributed by atoms with Crippen LogP contribution in [0.5, 0.6) is 0 Å². The second kappa shape index (κ2) is 4.17. The molecule has 0 spiro atoms. The molecule has 0 bridgehead atoms. The van der Waals surface area contributed by atoms with Crippen molar-refractivity contribution >= 4 is 0 Å². The largest absolute Gasteiger partial charge is 0.352 e. The van der Waals surface area contributed by atoms with E-state index in [1.807, 2.05) is 0 Å². The Hall–Kier alpha value is -0.120. The summed E-state index contributed by atoms with van der Waals surface area (Å²) >= 11 is 0. The van der Waals surface area contributed by atoms with Crippen LogP contribution >= 0.6 is 0 Å². The average molecular weight is 200 g/mol. The lowest BCUT2D eigenvalue weighted by atomic mass is 9.93.